The summed E-state index contributed by atoms with van der Waals surface area (Å²) in [6, 6.07) is -0.0833. The zero-order valence-corrected chi connectivity index (χ0v) is 10.4. The number of carboxylic acid groups (broad SMARTS) is 1. The molecule has 7 N–H and O–H groups in total. The van der Waals surface area contributed by atoms with Crippen molar-refractivity contribution in [2.45, 2.75) is 45.7 Å². The van der Waals surface area contributed by atoms with Gasteiger partial charge in [0.05, 0.1) is 6.04 Å². The Morgan fingerprint density at radius 2 is 1.80 bits per heavy atom. The van der Waals surface area contributed by atoms with E-state index < -0.39 is 20.7 Å². The lowest BCUT2D eigenvalue weighted by Crippen LogP contribution is -2.57. The van der Waals surface area contributed by atoms with E-state index in [0.717, 1.165) is 6.42 Å². The highest BCUT2D eigenvalue weighted by atomic mass is 31.1. The number of nitrogens with two attached hydrogens (primary N) is 1. The highest BCUT2D eigenvalue weighted by Crippen LogP contribution is 1.91. The van der Waals surface area contributed by atoms with Crippen LogP contribution in [-0.4, -0.2) is 28.1 Å². The lowest BCUT2D eigenvalue weighted by Gasteiger charge is -2.00. The molecule has 0 rings (SSSR count). The normalized spacial score (nSPS) is 10.9. The number of hydrogen-bond donors (Lipinski definition) is 4. The molecule has 0 bridgehead atoms. The molecule has 0 aromatic carbocycles. The SMILES string of the molecule is CC(C)[NH3+].CCCC(N)C(=O)O.O=PO. The van der Waals surface area contributed by atoms with Crippen molar-refractivity contribution >= 4 is 14.7 Å². The average Bonchev–Trinajstić information content (AvgIpc) is 2.04. The predicted molar refractivity (Wildman–Crippen MR) is 58.4 cm³/mol. The molecule has 0 fully saturated rings. The molecular formula is C8H22N2O4P+. The Bertz CT molecular complexity index is 153. The summed E-state index contributed by atoms with van der Waals surface area (Å²) in [6.07, 6.45) is 1.39. The molecule has 0 saturated carbocycles. The molecule has 0 heterocycles. The van der Waals surface area contributed by atoms with Gasteiger partial charge in [-0.25, -0.2) is 4.57 Å². The van der Waals surface area contributed by atoms with Crippen molar-refractivity contribution in [3.8, 4) is 0 Å². The second kappa shape index (κ2) is 15.9. The fourth-order valence-electron chi connectivity index (χ4n) is 0.434. The van der Waals surface area contributed by atoms with E-state index in [1.165, 1.54) is 0 Å². The third-order valence-electron chi connectivity index (χ3n) is 0.917. The summed E-state index contributed by atoms with van der Waals surface area (Å²) in [5, 5.41) is 8.19. The fourth-order valence-corrected chi connectivity index (χ4v) is 0.434. The summed E-state index contributed by atoms with van der Waals surface area (Å²) in [5.41, 5.74) is 8.77. The topological polar surface area (TPSA) is 128 Å². The van der Waals surface area contributed by atoms with E-state index in [9.17, 15) is 4.79 Å². The first kappa shape index (κ1) is 19.9. The van der Waals surface area contributed by atoms with Crippen LogP contribution in [0.4, 0.5) is 0 Å². The van der Waals surface area contributed by atoms with Crippen molar-refractivity contribution in [3.05, 3.63) is 0 Å². The molecule has 0 amide bonds. The fraction of sp³-hybridized carbons (Fsp3) is 0.875. The summed E-state index contributed by atoms with van der Waals surface area (Å²) in [5.74, 6) is -0.910. The monoisotopic (exact) mass is 241 g/mol. The van der Waals surface area contributed by atoms with E-state index >= 15 is 0 Å². The van der Waals surface area contributed by atoms with Crippen LogP contribution in [0.25, 0.3) is 0 Å². The van der Waals surface area contributed by atoms with E-state index in [1.54, 1.807) is 0 Å². The highest BCUT2D eigenvalue weighted by Gasteiger charge is 2.07. The second-order valence-electron chi connectivity index (χ2n) is 3.21. The molecule has 0 aliphatic carbocycles. The molecule has 92 valence electrons. The number of hydrogen-bond acceptors (Lipinski definition) is 3. The number of quaternary nitrogens is 1. The lowest BCUT2D eigenvalue weighted by atomic mass is 10.2. The van der Waals surface area contributed by atoms with Gasteiger partial charge in [0.15, 0.2) is 0 Å². The molecule has 0 aromatic rings. The molecule has 0 saturated heterocycles. The minimum Gasteiger partial charge on any atom is -0.480 e. The minimum atomic E-state index is -0.910. The van der Waals surface area contributed by atoms with Crippen molar-refractivity contribution in [2.24, 2.45) is 5.73 Å². The molecule has 15 heavy (non-hydrogen) atoms. The molecular weight excluding hydrogens is 219 g/mol. The first-order valence-corrected chi connectivity index (χ1v) is 5.38. The predicted octanol–water partition coefficient (Wildman–Crippen LogP) is 0.0205. The largest absolute Gasteiger partial charge is 0.480 e. The van der Waals surface area contributed by atoms with Crippen LogP contribution in [-0.2, 0) is 9.36 Å². The molecule has 6 nitrogen and oxygen atoms in total. The highest BCUT2D eigenvalue weighted by molar-refractivity contribution is 7.16. The van der Waals surface area contributed by atoms with Crippen LogP contribution < -0.4 is 11.5 Å². The van der Waals surface area contributed by atoms with E-state index in [0.29, 0.717) is 12.5 Å². The summed E-state index contributed by atoms with van der Waals surface area (Å²) in [4.78, 5) is 17.0. The summed E-state index contributed by atoms with van der Waals surface area (Å²) in [6.45, 7) is 6.02. The average molecular weight is 241 g/mol. The maximum Gasteiger partial charge on any atom is 0.324 e. The van der Waals surface area contributed by atoms with Crippen LogP contribution in [0, 0.1) is 0 Å². The Labute approximate surface area is 91.9 Å². The van der Waals surface area contributed by atoms with E-state index in [2.05, 4.69) is 19.6 Å². The van der Waals surface area contributed by atoms with Crippen molar-refractivity contribution in [2.75, 3.05) is 0 Å². The minimum absolute atomic E-state index is 0.565. The third kappa shape index (κ3) is 42.4. The van der Waals surface area contributed by atoms with Gasteiger partial charge in [-0.2, -0.15) is 0 Å². The van der Waals surface area contributed by atoms with Gasteiger partial charge >= 0.3 is 14.7 Å². The van der Waals surface area contributed by atoms with Gasteiger partial charge in [0.1, 0.15) is 6.04 Å². The molecule has 0 aliphatic heterocycles. The zero-order chi connectivity index (χ0) is 12.9. The maximum atomic E-state index is 9.96. The molecule has 0 radical (unpaired) electrons. The van der Waals surface area contributed by atoms with Crippen LogP contribution in [0.2, 0.25) is 0 Å². The Morgan fingerprint density at radius 1 is 1.53 bits per heavy atom. The summed E-state index contributed by atoms with van der Waals surface area (Å²) in [7, 11) is -0.833. The zero-order valence-electron chi connectivity index (χ0n) is 9.51. The van der Waals surface area contributed by atoms with Crippen LogP contribution in [0.1, 0.15) is 33.6 Å². The first-order chi connectivity index (χ1) is 6.83. The Morgan fingerprint density at radius 3 is 1.87 bits per heavy atom. The smallest absolute Gasteiger partial charge is 0.324 e. The number of carboxylic acids is 1. The standard InChI is InChI=1S/C5H11NO2.C3H9N.HO2P/c1-2-3-4(6)5(7)8;1-3(2)4;1-3-2/h4H,2-3,6H2,1H3,(H,7,8);3H,4H2,1-2H3;(H,1,2)/p+1. The van der Waals surface area contributed by atoms with Crippen LogP contribution in [0.15, 0.2) is 0 Å². The number of aliphatic carboxylic acids is 1. The van der Waals surface area contributed by atoms with Gasteiger partial charge < -0.3 is 21.5 Å². The molecule has 7 heteroatoms. The molecule has 1 unspecified atom stereocenters. The van der Waals surface area contributed by atoms with E-state index in [-0.39, 0.29) is 0 Å². The van der Waals surface area contributed by atoms with Crippen molar-refractivity contribution in [1.82, 2.24) is 0 Å². The van der Waals surface area contributed by atoms with Gasteiger partial charge in [-0.1, -0.05) is 13.3 Å². The van der Waals surface area contributed by atoms with Gasteiger partial charge in [0.25, 0.3) is 0 Å². The second-order valence-corrected chi connectivity index (χ2v) is 3.37. The maximum absolute atomic E-state index is 9.96. The van der Waals surface area contributed by atoms with Crippen molar-refractivity contribution in [1.29, 1.82) is 0 Å². The summed E-state index contributed by atoms with van der Waals surface area (Å²) >= 11 is 0. The van der Waals surface area contributed by atoms with Crippen LogP contribution >= 0.6 is 8.69 Å². The molecule has 1 atom stereocenters. The Balaban J connectivity index is -0.000000173. The third-order valence-corrected chi connectivity index (χ3v) is 0.917. The van der Waals surface area contributed by atoms with E-state index in [1.807, 2.05) is 6.92 Å². The molecule has 0 aromatic heterocycles. The van der Waals surface area contributed by atoms with Crippen molar-refractivity contribution in [3.63, 3.8) is 0 Å². The van der Waals surface area contributed by atoms with Gasteiger partial charge in [0, 0.05) is 0 Å². The van der Waals surface area contributed by atoms with Gasteiger partial charge in [-0.15, -0.1) is 0 Å². The van der Waals surface area contributed by atoms with Crippen LogP contribution in [0.5, 0.6) is 0 Å². The lowest BCUT2D eigenvalue weighted by molar-refractivity contribution is -0.407. The Kier molecular flexibility index (Phi) is 21.1. The van der Waals surface area contributed by atoms with E-state index in [4.69, 9.17) is 20.3 Å². The quantitative estimate of drug-likeness (QED) is 0.518. The van der Waals surface area contributed by atoms with Crippen molar-refractivity contribution < 1.29 is 25.1 Å². The Hall–Kier alpha value is -0.550. The van der Waals surface area contributed by atoms with Gasteiger partial charge in [-0.05, 0) is 20.3 Å². The summed E-state index contributed by atoms with van der Waals surface area (Å²) < 4.78 is 8.46. The van der Waals surface area contributed by atoms with Crippen LogP contribution in [0.3, 0.4) is 0 Å². The van der Waals surface area contributed by atoms with Gasteiger partial charge in [-0.3, -0.25) is 4.79 Å². The first-order valence-electron chi connectivity index (χ1n) is 4.61. The molecule has 0 aliphatic rings. The number of rotatable bonds is 3. The molecule has 0 spiro atoms. The van der Waals surface area contributed by atoms with Gasteiger partial charge in [0.2, 0.25) is 0 Å². The number of carbonyl (C=O) groups is 1.